The molecule has 3 N–H and O–H groups in total. The summed E-state index contributed by atoms with van der Waals surface area (Å²) >= 11 is 0. The topological polar surface area (TPSA) is 131 Å². The predicted octanol–water partition coefficient (Wildman–Crippen LogP) is 1.55. The SMILES string of the molecule is CC1(C)[C@@H]2[C@H]3C(=O)N[C@H](C#N)CCC(=O)NCCC/C=C\CC[C@H](NC(=O)C(F)(F)F)C(=O)N3C[C@@H]21. The van der Waals surface area contributed by atoms with Crippen LogP contribution in [-0.2, 0) is 19.2 Å². The average molecular weight is 512 g/mol. The molecule has 3 aliphatic rings. The van der Waals surface area contributed by atoms with E-state index in [1.807, 2.05) is 25.2 Å². The van der Waals surface area contributed by atoms with Crippen LogP contribution in [0.5, 0.6) is 0 Å². The highest BCUT2D eigenvalue weighted by molar-refractivity contribution is 5.94. The van der Waals surface area contributed by atoms with Gasteiger partial charge >= 0.3 is 12.1 Å². The normalized spacial score (nSPS) is 32.5. The van der Waals surface area contributed by atoms with E-state index in [1.165, 1.54) is 4.90 Å². The van der Waals surface area contributed by atoms with Gasteiger partial charge < -0.3 is 20.9 Å². The molecule has 2 heterocycles. The summed E-state index contributed by atoms with van der Waals surface area (Å²) in [5.41, 5.74) is -0.259. The maximum absolute atomic E-state index is 13.4. The van der Waals surface area contributed by atoms with Crippen molar-refractivity contribution >= 4 is 23.6 Å². The third kappa shape index (κ3) is 6.17. The summed E-state index contributed by atoms with van der Waals surface area (Å²) in [7, 11) is 0. The summed E-state index contributed by atoms with van der Waals surface area (Å²) in [4.78, 5) is 51.7. The summed E-state index contributed by atoms with van der Waals surface area (Å²) in [6, 6.07) is -1.45. The van der Waals surface area contributed by atoms with Crippen LogP contribution in [0.1, 0.15) is 52.4 Å². The summed E-state index contributed by atoms with van der Waals surface area (Å²) in [5.74, 6) is -4.05. The van der Waals surface area contributed by atoms with Gasteiger partial charge in [-0.2, -0.15) is 18.4 Å². The molecule has 2 fully saturated rings. The lowest BCUT2D eigenvalue weighted by Gasteiger charge is -2.33. The zero-order valence-corrected chi connectivity index (χ0v) is 20.4. The Hall–Kier alpha value is -3.10. The highest BCUT2D eigenvalue weighted by Crippen LogP contribution is 2.64. The standard InChI is InChI=1S/C24H32F3N5O4/c1-23(2)15-13-32-19(18(15)23)20(34)30-14(12-28)9-10-17(33)29-11-7-5-3-4-6-8-16(21(32)35)31-22(36)24(25,26)27/h3-4,14-16,18-19H,5-11,13H2,1-2H3,(H,29,33)(H,30,34)(H,31,36)/b4-3-/t14-,15-,16-,18-,19-/m0/s1. The van der Waals surface area contributed by atoms with Gasteiger partial charge in [0.1, 0.15) is 18.1 Å². The molecule has 3 rings (SSSR count). The lowest BCUT2D eigenvalue weighted by atomic mass is 9.98. The first-order valence-corrected chi connectivity index (χ1v) is 12.2. The van der Waals surface area contributed by atoms with Gasteiger partial charge in [0.05, 0.1) is 6.07 Å². The quantitative estimate of drug-likeness (QED) is 0.460. The van der Waals surface area contributed by atoms with Crippen LogP contribution >= 0.6 is 0 Å². The Morgan fingerprint density at radius 1 is 1.19 bits per heavy atom. The van der Waals surface area contributed by atoms with E-state index < -0.39 is 42.0 Å². The van der Waals surface area contributed by atoms with Gasteiger partial charge in [-0.25, -0.2) is 0 Å². The van der Waals surface area contributed by atoms with Crippen LogP contribution in [0.15, 0.2) is 12.2 Å². The number of piperidine rings is 1. The van der Waals surface area contributed by atoms with Crippen molar-refractivity contribution in [2.75, 3.05) is 13.1 Å². The van der Waals surface area contributed by atoms with Crippen LogP contribution in [-0.4, -0.2) is 65.9 Å². The molecule has 2 aliphatic heterocycles. The van der Waals surface area contributed by atoms with Gasteiger partial charge in [0, 0.05) is 19.5 Å². The number of alkyl halides is 3. The van der Waals surface area contributed by atoms with Gasteiger partial charge in [0.2, 0.25) is 17.7 Å². The minimum atomic E-state index is -5.15. The van der Waals surface area contributed by atoms with E-state index in [0.717, 1.165) is 0 Å². The Morgan fingerprint density at radius 3 is 2.56 bits per heavy atom. The number of halogens is 3. The van der Waals surface area contributed by atoms with Crippen molar-refractivity contribution in [3.63, 3.8) is 0 Å². The van der Waals surface area contributed by atoms with E-state index in [4.69, 9.17) is 0 Å². The molecule has 0 bridgehead atoms. The Kier molecular flexibility index (Phi) is 8.31. The van der Waals surface area contributed by atoms with Gasteiger partial charge in [-0.15, -0.1) is 0 Å². The number of nitrogens with zero attached hydrogens (tertiary/aromatic N) is 2. The molecule has 0 aromatic carbocycles. The second-order valence-electron chi connectivity index (χ2n) is 10.2. The second kappa shape index (κ2) is 10.9. The van der Waals surface area contributed by atoms with E-state index in [0.29, 0.717) is 19.4 Å². The summed E-state index contributed by atoms with van der Waals surface area (Å²) in [6.45, 7) is 4.47. The Bertz CT molecular complexity index is 958. The monoisotopic (exact) mass is 511 g/mol. The fourth-order valence-corrected chi connectivity index (χ4v) is 5.25. The maximum atomic E-state index is 13.4. The predicted molar refractivity (Wildman–Crippen MR) is 122 cm³/mol. The van der Waals surface area contributed by atoms with E-state index in [1.54, 1.807) is 12.2 Å². The average Bonchev–Trinajstić information content (AvgIpc) is 3.14. The summed E-state index contributed by atoms with van der Waals surface area (Å²) < 4.78 is 38.9. The third-order valence-electron chi connectivity index (χ3n) is 7.41. The lowest BCUT2D eigenvalue weighted by molar-refractivity contribution is -0.175. The molecule has 1 aliphatic carbocycles. The maximum Gasteiger partial charge on any atom is 0.471 e. The van der Waals surface area contributed by atoms with Crippen molar-refractivity contribution in [2.24, 2.45) is 17.3 Å². The van der Waals surface area contributed by atoms with Crippen molar-refractivity contribution < 1.29 is 32.3 Å². The zero-order valence-electron chi connectivity index (χ0n) is 20.4. The van der Waals surface area contributed by atoms with Gasteiger partial charge in [-0.1, -0.05) is 26.0 Å². The van der Waals surface area contributed by atoms with Gasteiger partial charge in [0.15, 0.2) is 0 Å². The third-order valence-corrected chi connectivity index (χ3v) is 7.41. The van der Waals surface area contributed by atoms with E-state index in [9.17, 15) is 37.6 Å². The van der Waals surface area contributed by atoms with Crippen LogP contribution in [0, 0.1) is 28.6 Å². The van der Waals surface area contributed by atoms with E-state index in [2.05, 4.69) is 10.6 Å². The number of hydrogen-bond acceptors (Lipinski definition) is 5. The molecule has 198 valence electrons. The van der Waals surface area contributed by atoms with Gasteiger partial charge in [-0.05, 0) is 49.4 Å². The number of allylic oxidation sites excluding steroid dienone is 2. The molecule has 0 spiro atoms. The van der Waals surface area contributed by atoms with Crippen LogP contribution in [0.4, 0.5) is 13.2 Å². The molecule has 12 heteroatoms. The summed E-state index contributed by atoms with van der Waals surface area (Å²) in [6.07, 6.45) is -0.118. The number of carbonyl (C=O) groups excluding carboxylic acids is 4. The molecule has 1 saturated carbocycles. The first kappa shape index (κ1) is 27.5. The van der Waals surface area contributed by atoms with Crippen molar-refractivity contribution in [3.8, 4) is 6.07 Å². The molecule has 9 nitrogen and oxygen atoms in total. The van der Waals surface area contributed by atoms with Crippen molar-refractivity contribution in [1.29, 1.82) is 5.26 Å². The first-order valence-electron chi connectivity index (χ1n) is 12.2. The van der Waals surface area contributed by atoms with Crippen LogP contribution < -0.4 is 16.0 Å². The molecule has 0 radical (unpaired) electrons. The number of amides is 4. The van der Waals surface area contributed by atoms with E-state index >= 15 is 0 Å². The zero-order chi connectivity index (χ0) is 26.7. The number of nitriles is 1. The molecule has 36 heavy (non-hydrogen) atoms. The highest BCUT2D eigenvalue weighted by Gasteiger charge is 2.69. The Labute approximate surface area is 207 Å². The molecular formula is C24H32F3N5O4. The largest absolute Gasteiger partial charge is 0.471 e. The van der Waals surface area contributed by atoms with Crippen LogP contribution in [0.2, 0.25) is 0 Å². The Balaban J connectivity index is 1.86. The fourth-order valence-electron chi connectivity index (χ4n) is 5.25. The van der Waals surface area contributed by atoms with Crippen molar-refractivity contribution in [3.05, 3.63) is 12.2 Å². The molecular weight excluding hydrogens is 479 g/mol. The lowest BCUT2D eigenvalue weighted by Crippen LogP contribution is -2.57. The molecule has 5 atom stereocenters. The highest BCUT2D eigenvalue weighted by atomic mass is 19.4. The van der Waals surface area contributed by atoms with Crippen LogP contribution in [0.3, 0.4) is 0 Å². The van der Waals surface area contributed by atoms with Crippen molar-refractivity contribution in [1.82, 2.24) is 20.9 Å². The molecule has 1 saturated heterocycles. The molecule has 0 aromatic rings. The number of carbonyl (C=O) groups is 4. The summed E-state index contributed by atoms with van der Waals surface area (Å²) in [5, 5.41) is 16.7. The minimum Gasteiger partial charge on any atom is -0.356 e. The van der Waals surface area contributed by atoms with Gasteiger partial charge in [0.25, 0.3) is 0 Å². The molecule has 4 amide bonds. The van der Waals surface area contributed by atoms with Gasteiger partial charge in [-0.3, -0.25) is 19.2 Å². The second-order valence-corrected chi connectivity index (χ2v) is 10.2. The molecule has 0 aromatic heterocycles. The molecule has 0 unspecified atom stereocenters. The van der Waals surface area contributed by atoms with E-state index in [-0.39, 0.29) is 55.4 Å². The van der Waals surface area contributed by atoms with Crippen LogP contribution in [0.25, 0.3) is 0 Å². The fraction of sp³-hybridized carbons (Fsp3) is 0.708. The number of fused-ring (bicyclic) bond motifs is 3. The smallest absolute Gasteiger partial charge is 0.356 e. The Morgan fingerprint density at radius 2 is 1.89 bits per heavy atom. The minimum absolute atomic E-state index is 0.0310. The number of hydrogen-bond donors (Lipinski definition) is 3. The first-order chi connectivity index (χ1) is 16.9. The number of nitrogens with one attached hydrogen (secondary N) is 3. The number of rotatable bonds is 1. The van der Waals surface area contributed by atoms with Crippen molar-refractivity contribution in [2.45, 2.75) is 76.7 Å².